The molecule has 24 heavy (non-hydrogen) atoms. The van der Waals surface area contributed by atoms with Crippen LogP contribution in [-0.2, 0) is 11.3 Å². The maximum atomic E-state index is 5.20. The van der Waals surface area contributed by atoms with E-state index in [2.05, 4.69) is 54.2 Å². The van der Waals surface area contributed by atoms with Gasteiger partial charge in [-0.3, -0.25) is 0 Å². The van der Waals surface area contributed by atoms with Crippen molar-refractivity contribution in [2.45, 2.75) is 51.7 Å². The standard InChI is InChI=1S/C20H27N3O/c1-14-8-10-16(11-9-14)17-6-5-7-18(17)23(3)20-12-15(2)21-19(22-20)13-24-4/h8-12,17-18H,5-7,13H2,1-4H3/t17-,18-/m1/s1. The first-order valence-electron chi connectivity index (χ1n) is 8.71. The van der Waals surface area contributed by atoms with E-state index in [1.165, 1.54) is 30.4 Å². The normalized spacial score (nSPS) is 20.3. The molecule has 1 saturated carbocycles. The highest BCUT2D eigenvalue weighted by Gasteiger charge is 2.32. The van der Waals surface area contributed by atoms with Gasteiger partial charge in [0, 0.05) is 37.9 Å². The Kier molecular flexibility index (Phi) is 5.14. The summed E-state index contributed by atoms with van der Waals surface area (Å²) in [6, 6.07) is 11.6. The highest BCUT2D eigenvalue weighted by atomic mass is 16.5. The van der Waals surface area contributed by atoms with Crippen LogP contribution in [-0.4, -0.2) is 30.2 Å². The molecule has 1 fully saturated rings. The number of anilines is 1. The molecule has 0 aliphatic heterocycles. The molecule has 0 saturated heterocycles. The third-order valence-corrected chi connectivity index (χ3v) is 5.00. The van der Waals surface area contributed by atoms with Crippen LogP contribution < -0.4 is 4.90 Å². The van der Waals surface area contributed by atoms with E-state index in [-0.39, 0.29) is 0 Å². The maximum absolute atomic E-state index is 5.20. The Morgan fingerprint density at radius 3 is 2.58 bits per heavy atom. The Labute approximate surface area is 144 Å². The number of methoxy groups -OCH3 is 1. The smallest absolute Gasteiger partial charge is 0.156 e. The van der Waals surface area contributed by atoms with Crippen molar-refractivity contribution in [2.75, 3.05) is 19.1 Å². The molecular weight excluding hydrogens is 298 g/mol. The largest absolute Gasteiger partial charge is 0.377 e. The van der Waals surface area contributed by atoms with Crippen molar-refractivity contribution in [3.05, 3.63) is 53.0 Å². The molecule has 1 heterocycles. The zero-order chi connectivity index (χ0) is 17.1. The van der Waals surface area contributed by atoms with E-state index < -0.39 is 0 Å². The fourth-order valence-electron chi connectivity index (χ4n) is 3.76. The number of hydrogen-bond donors (Lipinski definition) is 0. The molecule has 1 aromatic heterocycles. The average molecular weight is 325 g/mol. The fraction of sp³-hybridized carbons (Fsp3) is 0.500. The zero-order valence-corrected chi connectivity index (χ0v) is 15.1. The van der Waals surface area contributed by atoms with Gasteiger partial charge in [-0.1, -0.05) is 36.2 Å². The van der Waals surface area contributed by atoms with Crippen LogP contribution in [0, 0.1) is 13.8 Å². The molecule has 0 unspecified atom stereocenters. The van der Waals surface area contributed by atoms with Crippen molar-refractivity contribution in [1.82, 2.24) is 9.97 Å². The van der Waals surface area contributed by atoms with E-state index in [0.717, 1.165) is 17.3 Å². The van der Waals surface area contributed by atoms with Gasteiger partial charge < -0.3 is 9.64 Å². The predicted octanol–water partition coefficient (Wildman–Crippen LogP) is 4.01. The highest BCUT2D eigenvalue weighted by Crippen LogP contribution is 2.38. The summed E-state index contributed by atoms with van der Waals surface area (Å²) in [6.45, 7) is 4.61. The van der Waals surface area contributed by atoms with E-state index in [9.17, 15) is 0 Å². The van der Waals surface area contributed by atoms with Gasteiger partial charge in [0.05, 0.1) is 0 Å². The van der Waals surface area contributed by atoms with Crippen molar-refractivity contribution in [1.29, 1.82) is 0 Å². The summed E-state index contributed by atoms with van der Waals surface area (Å²) in [5, 5.41) is 0. The number of ether oxygens (including phenoxy) is 1. The molecule has 128 valence electrons. The first-order chi connectivity index (χ1) is 11.6. The van der Waals surface area contributed by atoms with Gasteiger partial charge in [-0.25, -0.2) is 9.97 Å². The third kappa shape index (κ3) is 3.59. The molecule has 4 heteroatoms. The topological polar surface area (TPSA) is 38.2 Å². The minimum atomic E-state index is 0.453. The molecule has 0 spiro atoms. The van der Waals surface area contributed by atoms with Gasteiger partial charge in [0.1, 0.15) is 12.4 Å². The summed E-state index contributed by atoms with van der Waals surface area (Å²) in [5.41, 5.74) is 3.75. The number of hydrogen-bond acceptors (Lipinski definition) is 4. The van der Waals surface area contributed by atoms with Crippen LogP contribution in [0.3, 0.4) is 0 Å². The molecule has 3 rings (SSSR count). The summed E-state index contributed by atoms with van der Waals surface area (Å²) in [7, 11) is 3.84. The number of rotatable bonds is 5. The third-order valence-electron chi connectivity index (χ3n) is 5.00. The number of aryl methyl sites for hydroxylation is 2. The highest BCUT2D eigenvalue weighted by molar-refractivity contribution is 5.42. The molecule has 1 aliphatic rings. The van der Waals surface area contributed by atoms with Crippen LogP contribution in [0.2, 0.25) is 0 Å². The Hall–Kier alpha value is -1.94. The lowest BCUT2D eigenvalue weighted by atomic mass is 9.92. The molecule has 0 amide bonds. The molecule has 4 nitrogen and oxygen atoms in total. The number of likely N-dealkylation sites (N-methyl/N-ethyl adjacent to an activating group) is 1. The summed E-state index contributed by atoms with van der Waals surface area (Å²) in [5.74, 6) is 2.32. The predicted molar refractivity (Wildman–Crippen MR) is 97.4 cm³/mol. The summed E-state index contributed by atoms with van der Waals surface area (Å²) < 4.78 is 5.20. The van der Waals surface area contributed by atoms with E-state index in [4.69, 9.17) is 9.72 Å². The second-order valence-electron chi connectivity index (χ2n) is 6.84. The lowest BCUT2D eigenvalue weighted by Gasteiger charge is -2.31. The Balaban J connectivity index is 1.85. The van der Waals surface area contributed by atoms with Crippen LogP contribution in [0.1, 0.15) is 47.8 Å². The summed E-state index contributed by atoms with van der Waals surface area (Å²) in [6.07, 6.45) is 3.72. The Morgan fingerprint density at radius 2 is 1.88 bits per heavy atom. The SMILES string of the molecule is COCc1nc(C)cc(N(C)[C@@H]2CCC[C@@H]2c2ccc(C)cc2)n1. The molecule has 0 N–H and O–H groups in total. The van der Waals surface area contributed by atoms with E-state index in [1.807, 2.05) is 6.92 Å². The van der Waals surface area contributed by atoms with Crippen molar-refractivity contribution in [3.8, 4) is 0 Å². The lowest BCUT2D eigenvalue weighted by molar-refractivity contribution is 0.177. The van der Waals surface area contributed by atoms with Crippen LogP contribution >= 0.6 is 0 Å². The van der Waals surface area contributed by atoms with Gasteiger partial charge in [0.2, 0.25) is 0 Å². The monoisotopic (exact) mass is 325 g/mol. The Morgan fingerprint density at radius 1 is 1.12 bits per heavy atom. The van der Waals surface area contributed by atoms with Crippen molar-refractivity contribution in [2.24, 2.45) is 0 Å². The number of nitrogens with zero attached hydrogens (tertiary/aromatic N) is 3. The quantitative estimate of drug-likeness (QED) is 0.832. The van der Waals surface area contributed by atoms with Crippen molar-refractivity contribution in [3.63, 3.8) is 0 Å². The van der Waals surface area contributed by atoms with Gasteiger partial charge >= 0.3 is 0 Å². The molecule has 2 atom stereocenters. The van der Waals surface area contributed by atoms with E-state index in [0.29, 0.717) is 18.6 Å². The molecule has 0 bridgehead atoms. The zero-order valence-electron chi connectivity index (χ0n) is 15.1. The average Bonchev–Trinajstić information content (AvgIpc) is 3.04. The molecule has 0 radical (unpaired) electrons. The lowest BCUT2D eigenvalue weighted by Crippen LogP contribution is -2.34. The fourth-order valence-corrected chi connectivity index (χ4v) is 3.76. The Bertz CT molecular complexity index is 684. The first-order valence-corrected chi connectivity index (χ1v) is 8.71. The molecule has 1 aromatic carbocycles. The van der Waals surface area contributed by atoms with Gasteiger partial charge in [0.25, 0.3) is 0 Å². The molecule has 1 aliphatic carbocycles. The number of benzene rings is 1. The second kappa shape index (κ2) is 7.31. The minimum absolute atomic E-state index is 0.453. The van der Waals surface area contributed by atoms with E-state index >= 15 is 0 Å². The maximum Gasteiger partial charge on any atom is 0.156 e. The first kappa shape index (κ1) is 16.9. The van der Waals surface area contributed by atoms with Crippen LogP contribution in [0.4, 0.5) is 5.82 Å². The molecular formula is C20H27N3O. The minimum Gasteiger partial charge on any atom is -0.377 e. The second-order valence-corrected chi connectivity index (χ2v) is 6.84. The summed E-state index contributed by atoms with van der Waals surface area (Å²) >= 11 is 0. The van der Waals surface area contributed by atoms with Crippen molar-refractivity contribution >= 4 is 5.82 Å². The molecule has 2 aromatic rings. The number of aromatic nitrogens is 2. The van der Waals surface area contributed by atoms with E-state index in [1.54, 1.807) is 7.11 Å². The van der Waals surface area contributed by atoms with Gasteiger partial charge in [-0.05, 0) is 32.3 Å². The van der Waals surface area contributed by atoms with Gasteiger partial charge in [-0.15, -0.1) is 0 Å². The summed E-state index contributed by atoms with van der Waals surface area (Å²) in [4.78, 5) is 11.5. The van der Waals surface area contributed by atoms with Crippen LogP contribution in [0.15, 0.2) is 30.3 Å². The van der Waals surface area contributed by atoms with Crippen molar-refractivity contribution < 1.29 is 4.74 Å². The van der Waals surface area contributed by atoms with Gasteiger partial charge in [0.15, 0.2) is 5.82 Å². The van der Waals surface area contributed by atoms with Crippen LogP contribution in [0.5, 0.6) is 0 Å². The van der Waals surface area contributed by atoms with Crippen LogP contribution in [0.25, 0.3) is 0 Å². The van der Waals surface area contributed by atoms with Gasteiger partial charge in [-0.2, -0.15) is 0 Å².